The zero-order chi connectivity index (χ0) is 13.4. The quantitative estimate of drug-likeness (QED) is 0.792. The largest absolute Gasteiger partial charge is 0.340 e. The van der Waals surface area contributed by atoms with Crippen molar-refractivity contribution in [3.05, 3.63) is 38.6 Å². The summed E-state index contributed by atoms with van der Waals surface area (Å²) in [6.07, 6.45) is 0.927. The lowest BCUT2D eigenvalue weighted by molar-refractivity contribution is 0.112. The van der Waals surface area contributed by atoms with Gasteiger partial charge in [-0.15, -0.1) is 11.3 Å². The molecule has 0 aliphatic rings. The maximum absolute atomic E-state index is 11.0. The fraction of sp³-hybridized carbons (Fsp3) is 0.429. The Balaban J connectivity index is 2.52. The van der Waals surface area contributed by atoms with Crippen LogP contribution in [-0.4, -0.2) is 15.8 Å². The van der Waals surface area contributed by atoms with Crippen molar-refractivity contribution >= 4 is 17.6 Å². The van der Waals surface area contributed by atoms with E-state index < -0.39 is 0 Å². The molecule has 0 radical (unpaired) electrons. The van der Waals surface area contributed by atoms with Gasteiger partial charge >= 0.3 is 0 Å². The average Bonchev–Trinajstić information content (AvgIpc) is 2.78. The molecule has 2 rings (SSSR count). The highest BCUT2D eigenvalue weighted by Gasteiger charge is 2.19. The number of hydrogen-bond acceptors (Lipinski definition) is 3. The van der Waals surface area contributed by atoms with Gasteiger partial charge < -0.3 is 4.57 Å². The predicted octanol–water partition coefficient (Wildman–Crippen LogP) is 3.60. The summed E-state index contributed by atoms with van der Waals surface area (Å²) in [5.74, 6) is 0. The molecular weight excluding hydrogens is 244 g/mol. The van der Waals surface area contributed by atoms with Crippen molar-refractivity contribution in [2.45, 2.75) is 40.7 Å². The van der Waals surface area contributed by atoms with Crippen molar-refractivity contribution in [2.75, 3.05) is 0 Å². The van der Waals surface area contributed by atoms with Crippen LogP contribution in [0.2, 0.25) is 0 Å². The molecule has 0 fully saturated rings. The summed E-state index contributed by atoms with van der Waals surface area (Å²) in [5.41, 5.74) is 4.01. The number of hydrogen-bond donors (Lipinski definition) is 0. The summed E-state index contributed by atoms with van der Waals surface area (Å²) in [7, 11) is 0. The van der Waals surface area contributed by atoms with Crippen LogP contribution in [0.15, 0.2) is 6.07 Å². The molecule has 4 heteroatoms. The molecule has 0 amide bonds. The summed E-state index contributed by atoms with van der Waals surface area (Å²) in [6, 6.07) is 2.17. The van der Waals surface area contributed by atoms with Crippen molar-refractivity contribution in [1.82, 2.24) is 9.55 Å². The highest BCUT2D eigenvalue weighted by Crippen LogP contribution is 2.30. The Hall–Kier alpha value is -1.42. The first-order valence-electron chi connectivity index (χ1n) is 6.03. The van der Waals surface area contributed by atoms with Gasteiger partial charge in [-0.2, -0.15) is 0 Å². The highest BCUT2D eigenvalue weighted by molar-refractivity contribution is 7.11. The van der Waals surface area contributed by atoms with Gasteiger partial charge in [0.15, 0.2) is 6.29 Å². The molecule has 0 N–H and O–H groups in total. The van der Waals surface area contributed by atoms with E-state index in [1.807, 2.05) is 33.8 Å². The van der Waals surface area contributed by atoms with E-state index in [-0.39, 0.29) is 6.04 Å². The number of nitrogens with zero attached hydrogens (tertiary/aromatic N) is 2. The second-order valence-corrected chi connectivity index (χ2v) is 5.91. The normalized spacial score (nSPS) is 12.7. The lowest BCUT2D eigenvalue weighted by Gasteiger charge is -2.17. The summed E-state index contributed by atoms with van der Waals surface area (Å²) >= 11 is 1.73. The molecule has 1 atom stereocenters. The van der Waals surface area contributed by atoms with Gasteiger partial charge in [0.1, 0.15) is 0 Å². The molecule has 0 spiro atoms. The van der Waals surface area contributed by atoms with Crippen LogP contribution in [0.3, 0.4) is 0 Å². The van der Waals surface area contributed by atoms with Crippen LogP contribution in [0.5, 0.6) is 0 Å². The molecule has 1 unspecified atom stereocenters. The molecule has 0 aliphatic heterocycles. The Morgan fingerprint density at radius 3 is 2.44 bits per heavy atom. The molecule has 0 saturated heterocycles. The van der Waals surface area contributed by atoms with Gasteiger partial charge in [0.25, 0.3) is 0 Å². The minimum atomic E-state index is 0.227. The van der Waals surface area contributed by atoms with Crippen molar-refractivity contribution < 1.29 is 4.79 Å². The molecule has 2 aromatic heterocycles. The van der Waals surface area contributed by atoms with Gasteiger partial charge in [-0.05, 0) is 40.7 Å². The van der Waals surface area contributed by atoms with Crippen LogP contribution >= 0.6 is 11.3 Å². The van der Waals surface area contributed by atoms with Gasteiger partial charge in [0.05, 0.1) is 21.6 Å². The fourth-order valence-corrected chi connectivity index (χ4v) is 3.54. The van der Waals surface area contributed by atoms with Crippen LogP contribution < -0.4 is 0 Å². The molecule has 0 aliphatic carbocycles. The third-order valence-electron chi connectivity index (χ3n) is 3.36. The summed E-state index contributed by atoms with van der Waals surface area (Å²) in [6.45, 7) is 10.3. The zero-order valence-corrected chi connectivity index (χ0v) is 12.3. The second-order valence-electron chi connectivity index (χ2n) is 4.67. The predicted molar refractivity (Wildman–Crippen MR) is 74.7 cm³/mol. The Bertz CT molecular complexity index is 595. The van der Waals surface area contributed by atoms with E-state index in [9.17, 15) is 4.79 Å². The van der Waals surface area contributed by atoms with Gasteiger partial charge in [0, 0.05) is 17.0 Å². The van der Waals surface area contributed by atoms with Gasteiger partial charge in [-0.25, -0.2) is 4.98 Å². The second kappa shape index (κ2) is 4.69. The Kier molecular flexibility index (Phi) is 3.39. The molecule has 18 heavy (non-hydrogen) atoms. The number of aldehydes is 1. The van der Waals surface area contributed by atoms with Crippen LogP contribution in [0, 0.1) is 27.7 Å². The highest BCUT2D eigenvalue weighted by atomic mass is 32.1. The topological polar surface area (TPSA) is 34.9 Å². The number of thiazole rings is 1. The molecule has 2 heterocycles. The molecule has 2 aromatic rings. The SMILES string of the molecule is Cc1nc(C)c(C(C)n2c(C)cc(C=O)c2C)s1. The Labute approximate surface area is 111 Å². The minimum Gasteiger partial charge on any atom is -0.340 e. The third-order valence-corrected chi connectivity index (χ3v) is 4.60. The monoisotopic (exact) mass is 262 g/mol. The van der Waals surface area contributed by atoms with E-state index in [4.69, 9.17) is 0 Å². The lowest BCUT2D eigenvalue weighted by atomic mass is 10.2. The van der Waals surface area contributed by atoms with E-state index in [0.717, 1.165) is 33.9 Å². The van der Waals surface area contributed by atoms with Crippen LogP contribution in [-0.2, 0) is 0 Å². The third kappa shape index (κ3) is 2.01. The first kappa shape index (κ1) is 13.0. The summed E-state index contributed by atoms with van der Waals surface area (Å²) in [5, 5.41) is 1.09. The van der Waals surface area contributed by atoms with E-state index in [1.54, 1.807) is 11.3 Å². The molecule has 0 saturated carbocycles. The van der Waals surface area contributed by atoms with Gasteiger partial charge in [-0.3, -0.25) is 4.79 Å². The maximum Gasteiger partial charge on any atom is 0.151 e. The standard InChI is InChI=1S/C14H18N2OS/c1-8-6-13(7-17)10(3)16(8)11(4)14-9(2)15-12(5)18-14/h6-7,11H,1-5H3. The molecule has 3 nitrogen and oxygen atoms in total. The van der Waals surface area contributed by atoms with Crippen molar-refractivity contribution in [2.24, 2.45) is 0 Å². The maximum atomic E-state index is 11.0. The van der Waals surface area contributed by atoms with Crippen LogP contribution in [0.1, 0.15) is 50.3 Å². The van der Waals surface area contributed by atoms with Gasteiger partial charge in [-0.1, -0.05) is 0 Å². The number of aromatic nitrogens is 2. The Morgan fingerprint density at radius 1 is 1.33 bits per heavy atom. The molecular formula is C14H18N2OS. The smallest absolute Gasteiger partial charge is 0.151 e. The number of carbonyl (C=O) groups is 1. The van der Waals surface area contributed by atoms with Crippen LogP contribution in [0.25, 0.3) is 0 Å². The molecule has 0 aromatic carbocycles. The average molecular weight is 262 g/mol. The molecule has 0 bridgehead atoms. The van der Waals surface area contributed by atoms with Gasteiger partial charge in [0.2, 0.25) is 0 Å². The number of rotatable bonds is 3. The van der Waals surface area contributed by atoms with E-state index in [2.05, 4.69) is 16.5 Å². The summed E-state index contributed by atoms with van der Waals surface area (Å²) in [4.78, 5) is 16.7. The lowest BCUT2D eigenvalue weighted by Crippen LogP contribution is -2.10. The molecule has 96 valence electrons. The first-order chi connectivity index (χ1) is 8.45. The van der Waals surface area contributed by atoms with Crippen molar-refractivity contribution in [3.63, 3.8) is 0 Å². The Morgan fingerprint density at radius 2 is 2.00 bits per heavy atom. The summed E-state index contributed by atoms with van der Waals surface area (Å²) < 4.78 is 2.21. The first-order valence-corrected chi connectivity index (χ1v) is 6.85. The van der Waals surface area contributed by atoms with Crippen molar-refractivity contribution in [3.8, 4) is 0 Å². The minimum absolute atomic E-state index is 0.227. The van der Waals surface area contributed by atoms with Crippen molar-refractivity contribution in [1.29, 1.82) is 0 Å². The fourth-order valence-electron chi connectivity index (χ4n) is 2.57. The number of aryl methyl sites for hydroxylation is 3. The number of carbonyl (C=O) groups excluding carboxylic acids is 1. The van der Waals surface area contributed by atoms with Crippen LogP contribution in [0.4, 0.5) is 0 Å². The van der Waals surface area contributed by atoms with E-state index in [0.29, 0.717) is 0 Å². The van der Waals surface area contributed by atoms with E-state index >= 15 is 0 Å². The zero-order valence-electron chi connectivity index (χ0n) is 11.4. The van der Waals surface area contributed by atoms with E-state index in [1.165, 1.54) is 4.88 Å².